The Bertz CT molecular complexity index is 258. The highest BCUT2D eigenvalue weighted by Crippen LogP contribution is 2.00. The van der Waals surface area contributed by atoms with Gasteiger partial charge in [-0.05, 0) is 34.0 Å². The molecule has 5 nitrogen and oxygen atoms in total. The van der Waals surface area contributed by atoms with Crippen molar-refractivity contribution in [1.82, 2.24) is 15.1 Å². The van der Waals surface area contributed by atoms with E-state index in [0.717, 1.165) is 26.1 Å². The van der Waals surface area contributed by atoms with E-state index in [2.05, 4.69) is 50.0 Å². The number of nitrogens with zero attached hydrogens (tertiary/aromatic N) is 2. The standard InChI is InChI=1S/C15H33N3O2/c1-7-9-18(11-10-17(5)6)12-14(16-13(3)4)15(19)20-8-2/h13-14,16H,7-12H2,1-6H3. The van der Waals surface area contributed by atoms with Crippen LogP contribution in [0.3, 0.4) is 0 Å². The normalized spacial score (nSPS) is 13.2. The van der Waals surface area contributed by atoms with Gasteiger partial charge in [0.05, 0.1) is 6.61 Å². The van der Waals surface area contributed by atoms with Crippen LogP contribution in [0, 0.1) is 0 Å². The molecule has 0 saturated heterocycles. The number of ether oxygens (including phenoxy) is 1. The number of hydrogen-bond acceptors (Lipinski definition) is 5. The Morgan fingerprint density at radius 1 is 1.15 bits per heavy atom. The smallest absolute Gasteiger partial charge is 0.324 e. The molecule has 0 spiro atoms. The summed E-state index contributed by atoms with van der Waals surface area (Å²) in [6, 6.07) is 0.0189. The molecule has 0 rings (SSSR count). The number of nitrogens with one attached hydrogen (secondary N) is 1. The summed E-state index contributed by atoms with van der Waals surface area (Å²) in [7, 11) is 4.14. The molecule has 0 fully saturated rings. The maximum atomic E-state index is 12.0. The van der Waals surface area contributed by atoms with Crippen molar-refractivity contribution in [2.24, 2.45) is 0 Å². The zero-order valence-corrected chi connectivity index (χ0v) is 14.1. The summed E-state index contributed by atoms with van der Waals surface area (Å²) < 4.78 is 5.17. The molecule has 120 valence electrons. The van der Waals surface area contributed by atoms with Gasteiger partial charge in [-0.2, -0.15) is 0 Å². The molecule has 0 aromatic rings. The molecular weight excluding hydrogens is 254 g/mol. The number of rotatable bonds is 11. The van der Waals surface area contributed by atoms with Crippen LogP contribution in [0.5, 0.6) is 0 Å². The Hall–Kier alpha value is -0.650. The number of carbonyl (C=O) groups excluding carboxylic acids is 1. The van der Waals surface area contributed by atoms with Crippen molar-refractivity contribution in [1.29, 1.82) is 0 Å². The lowest BCUT2D eigenvalue weighted by Crippen LogP contribution is -2.50. The molecule has 0 bridgehead atoms. The number of hydrogen-bond donors (Lipinski definition) is 1. The second-order valence-corrected chi connectivity index (χ2v) is 5.73. The summed E-state index contributed by atoms with van der Waals surface area (Å²) in [5, 5.41) is 3.31. The summed E-state index contributed by atoms with van der Waals surface area (Å²) >= 11 is 0. The van der Waals surface area contributed by atoms with Gasteiger partial charge in [0.15, 0.2) is 0 Å². The molecule has 0 aromatic carbocycles. The summed E-state index contributed by atoms with van der Waals surface area (Å²) in [4.78, 5) is 16.5. The molecule has 0 aromatic heterocycles. The molecule has 20 heavy (non-hydrogen) atoms. The van der Waals surface area contributed by atoms with Crippen LogP contribution in [-0.4, -0.2) is 74.7 Å². The highest BCUT2D eigenvalue weighted by atomic mass is 16.5. The number of esters is 1. The topological polar surface area (TPSA) is 44.8 Å². The van der Waals surface area contributed by atoms with Crippen molar-refractivity contribution in [2.45, 2.75) is 46.2 Å². The van der Waals surface area contributed by atoms with E-state index in [1.54, 1.807) is 0 Å². The van der Waals surface area contributed by atoms with E-state index in [9.17, 15) is 4.79 Å². The van der Waals surface area contributed by atoms with Gasteiger partial charge < -0.3 is 15.0 Å². The third kappa shape index (κ3) is 9.28. The van der Waals surface area contributed by atoms with Crippen LogP contribution in [-0.2, 0) is 9.53 Å². The van der Waals surface area contributed by atoms with Crippen LogP contribution in [0.4, 0.5) is 0 Å². The first-order valence-corrected chi connectivity index (χ1v) is 7.70. The van der Waals surface area contributed by atoms with Crippen LogP contribution in [0.1, 0.15) is 34.1 Å². The van der Waals surface area contributed by atoms with Gasteiger partial charge >= 0.3 is 5.97 Å². The lowest BCUT2D eigenvalue weighted by Gasteiger charge is -2.28. The first kappa shape index (κ1) is 19.4. The Labute approximate surface area is 124 Å². The van der Waals surface area contributed by atoms with Gasteiger partial charge in [0.1, 0.15) is 6.04 Å². The van der Waals surface area contributed by atoms with Crippen LogP contribution in [0.2, 0.25) is 0 Å². The molecule has 1 atom stereocenters. The Morgan fingerprint density at radius 2 is 1.80 bits per heavy atom. The van der Waals surface area contributed by atoms with Crippen LogP contribution >= 0.6 is 0 Å². The zero-order valence-electron chi connectivity index (χ0n) is 14.1. The third-order valence-electron chi connectivity index (χ3n) is 2.95. The van der Waals surface area contributed by atoms with Crippen molar-refractivity contribution in [2.75, 3.05) is 46.9 Å². The van der Waals surface area contributed by atoms with Crippen LogP contribution in [0.25, 0.3) is 0 Å². The molecule has 0 aliphatic rings. The lowest BCUT2D eigenvalue weighted by atomic mass is 10.2. The average molecular weight is 287 g/mol. The first-order chi connectivity index (χ1) is 9.40. The van der Waals surface area contributed by atoms with Gasteiger partial charge in [-0.3, -0.25) is 9.69 Å². The number of carbonyl (C=O) groups is 1. The van der Waals surface area contributed by atoms with Gasteiger partial charge in [0.2, 0.25) is 0 Å². The summed E-state index contributed by atoms with van der Waals surface area (Å²) in [6.07, 6.45) is 1.09. The van der Waals surface area contributed by atoms with Crippen molar-refractivity contribution in [3.63, 3.8) is 0 Å². The van der Waals surface area contributed by atoms with Crippen molar-refractivity contribution in [3.05, 3.63) is 0 Å². The summed E-state index contributed by atoms with van der Waals surface area (Å²) in [5.74, 6) is -0.146. The van der Waals surface area contributed by atoms with Crippen LogP contribution in [0.15, 0.2) is 0 Å². The maximum Gasteiger partial charge on any atom is 0.324 e. The minimum Gasteiger partial charge on any atom is -0.465 e. The average Bonchev–Trinajstić information content (AvgIpc) is 2.35. The molecule has 1 unspecified atom stereocenters. The summed E-state index contributed by atoms with van der Waals surface area (Å²) in [6.45, 7) is 12.2. The molecule has 0 radical (unpaired) electrons. The van der Waals surface area contributed by atoms with E-state index in [4.69, 9.17) is 4.74 Å². The zero-order chi connectivity index (χ0) is 15.5. The fraction of sp³-hybridized carbons (Fsp3) is 0.933. The quantitative estimate of drug-likeness (QED) is 0.578. The second kappa shape index (κ2) is 11.1. The van der Waals surface area contributed by atoms with Gasteiger partial charge in [0.25, 0.3) is 0 Å². The molecule has 0 aliphatic carbocycles. The fourth-order valence-corrected chi connectivity index (χ4v) is 2.05. The van der Waals surface area contributed by atoms with E-state index < -0.39 is 0 Å². The highest BCUT2D eigenvalue weighted by Gasteiger charge is 2.23. The minimum atomic E-state index is -0.247. The van der Waals surface area contributed by atoms with E-state index in [0.29, 0.717) is 13.2 Å². The predicted octanol–water partition coefficient (Wildman–Crippen LogP) is 1.19. The van der Waals surface area contributed by atoms with E-state index in [1.165, 1.54) is 0 Å². The van der Waals surface area contributed by atoms with E-state index in [1.807, 2.05) is 6.92 Å². The third-order valence-corrected chi connectivity index (χ3v) is 2.95. The number of likely N-dealkylation sites (N-methyl/N-ethyl adjacent to an activating group) is 1. The minimum absolute atomic E-state index is 0.146. The maximum absolute atomic E-state index is 12.0. The van der Waals surface area contributed by atoms with Crippen molar-refractivity contribution < 1.29 is 9.53 Å². The van der Waals surface area contributed by atoms with Gasteiger partial charge in [-0.1, -0.05) is 20.8 Å². The largest absolute Gasteiger partial charge is 0.465 e. The SMILES string of the molecule is CCCN(CCN(C)C)CC(NC(C)C)C(=O)OCC. The van der Waals surface area contributed by atoms with E-state index in [-0.39, 0.29) is 18.1 Å². The molecule has 0 amide bonds. The molecule has 0 saturated carbocycles. The van der Waals surface area contributed by atoms with Crippen LogP contribution < -0.4 is 5.32 Å². The molecule has 5 heteroatoms. The van der Waals surface area contributed by atoms with Crippen molar-refractivity contribution >= 4 is 5.97 Å². The molecular formula is C15H33N3O2. The molecule has 0 heterocycles. The van der Waals surface area contributed by atoms with E-state index >= 15 is 0 Å². The molecule has 0 aliphatic heterocycles. The second-order valence-electron chi connectivity index (χ2n) is 5.73. The monoisotopic (exact) mass is 287 g/mol. The van der Waals surface area contributed by atoms with Gasteiger partial charge in [-0.15, -0.1) is 0 Å². The highest BCUT2D eigenvalue weighted by molar-refractivity contribution is 5.76. The fourth-order valence-electron chi connectivity index (χ4n) is 2.05. The summed E-state index contributed by atoms with van der Waals surface area (Å²) in [5.41, 5.74) is 0. The first-order valence-electron chi connectivity index (χ1n) is 7.70. The Kier molecular flexibility index (Phi) is 10.7. The predicted molar refractivity (Wildman–Crippen MR) is 84.0 cm³/mol. The lowest BCUT2D eigenvalue weighted by molar-refractivity contribution is -0.146. The molecule has 1 N–H and O–H groups in total. The van der Waals surface area contributed by atoms with Gasteiger partial charge in [0, 0.05) is 25.7 Å². The van der Waals surface area contributed by atoms with Crippen molar-refractivity contribution in [3.8, 4) is 0 Å². The Balaban J connectivity index is 4.56. The van der Waals surface area contributed by atoms with Gasteiger partial charge in [-0.25, -0.2) is 0 Å². The Morgan fingerprint density at radius 3 is 2.25 bits per heavy atom.